The highest BCUT2D eigenvalue weighted by Gasteiger charge is 2.15. The summed E-state index contributed by atoms with van der Waals surface area (Å²) in [6.07, 6.45) is 1.51. The summed E-state index contributed by atoms with van der Waals surface area (Å²) in [5.74, 6) is -0.314. The van der Waals surface area contributed by atoms with Gasteiger partial charge in [0, 0.05) is 23.6 Å². The van der Waals surface area contributed by atoms with Crippen LogP contribution in [0.5, 0.6) is 5.75 Å². The van der Waals surface area contributed by atoms with Crippen molar-refractivity contribution < 1.29 is 19.4 Å². The van der Waals surface area contributed by atoms with E-state index in [1.54, 1.807) is 6.07 Å². The van der Waals surface area contributed by atoms with Gasteiger partial charge in [0.15, 0.2) is 6.61 Å². The third-order valence-electron chi connectivity index (χ3n) is 3.73. The van der Waals surface area contributed by atoms with E-state index in [1.165, 1.54) is 6.20 Å². The lowest BCUT2D eigenvalue weighted by Crippen LogP contribution is -2.25. The first-order valence-corrected chi connectivity index (χ1v) is 7.63. The number of aromatic amines is 1. The number of carboxylic acids is 1. The first-order valence-electron chi connectivity index (χ1n) is 7.63. The molecular weight excluding hydrogens is 322 g/mol. The molecule has 0 radical (unpaired) electrons. The van der Waals surface area contributed by atoms with E-state index < -0.39 is 5.97 Å². The van der Waals surface area contributed by atoms with E-state index in [4.69, 9.17) is 15.6 Å². The molecule has 1 aliphatic rings. The average molecular weight is 339 g/mol. The second kappa shape index (κ2) is 7.06. The summed E-state index contributed by atoms with van der Waals surface area (Å²) < 4.78 is 5.18. The summed E-state index contributed by atoms with van der Waals surface area (Å²) in [6, 6.07) is 12.9. The normalized spacial score (nSPS) is 12.4. The van der Waals surface area contributed by atoms with Crippen molar-refractivity contribution in [2.45, 2.75) is 6.54 Å². The summed E-state index contributed by atoms with van der Waals surface area (Å²) >= 11 is 0. The molecule has 0 unspecified atom stereocenters. The van der Waals surface area contributed by atoms with E-state index in [0.29, 0.717) is 23.5 Å². The molecule has 7 nitrogen and oxygen atoms in total. The zero-order valence-electron chi connectivity index (χ0n) is 13.3. The number of fused-ring (bicyclic) bond motifs is 2. The van der Waals surface area contributed by atoms with Crippen LogP contribution in [0.1, 0.15) is 15.9 Å². The van der Waals surface area contributed by atoms with Crippen molar-refractivity contribution in [1.29, 1.82) is 0 Å². The Bertz CT molecular complexity index is 933. The van der Waals surface area contributed by atoms with Gasteiger partial charge in [0.05, 0.1) is 11.3 Å². The topological polar surface area (TPSA) is 117 Å². The molecule has 1 aliphatic heterocycles. The van der Waals surface area contributed by atoms with Gasteiger partial charge in [0.2, 0.25) is 0 Å². The number of rotatable bonds is 2. The number of carboxylic acid groups (broad SMARTS) is 1. The monoisotopic (exact) mass is 339 g/mol. The van der Waals surface area contributed by atoms with Crippen LogP contribution in [0.25, 0.3) is 10.9 Å². The van der Waals surface area contributed by atoms with Gasteiger partial charge in [0.1, 0.15) is 5.75 Å². The summed E-state index contributed by atoms with van der Waals surface area (Å²) in [5.41, 5.74) is 8.33. The van der Waals surface area contributed by atoms with Gasteiger partial charge in [0.25, 0.3) is 5.91 Å². The Labute approximate surface area is 143 Å². The molecule has 2 heterocycles. The first-order chi connectivity index (χ1) is 12.1. The number of para-hydroxylation sites is 1. The number of benzene rings is 2. The predicted octanol–water partition coefficient (Wildman–Crippen LogP) is 2.34. The van der Waals surface area contributed by atoms with E-state index in [0.717, 1.165) is 16.5 Å². The van der Waals surface area contributed by atoms with Gasteiger partial charge >= 0.3 is 5.97 Å². The van der Waals surface area contributed by atoms with Gasteiger partial charge in [-0.1, -0.05) is 24.3 Å². The third-order valence-corrected chi connectivity index (χ3v) is 3.73. The van der Waals surface area contributed by atoms with Crippen LogP contribution in [0.15, 0.2) is 48.7 Å². The molecule has 5 N–H and O–H groups in total. The first kappa shape index (κ1) is 16.5. The molecule has 0 atom stereocenters. The lowest BCUT2D eigenvalue weighted by atomic mass is 10.1. The molecule has 0 bridgehead atoms. The highest BCUT2D eigenvalue weighted by atomic mass is 16.5. The van der Waals surface area contributed by atoms with E-state index in [2.05, 4.69) is 10.3 Å². The van der Waals surface area contributed by atoms with E-state index in [-0.39, 0.29) is 12.5 Å². The maximum atomic E-state index is 11.0. The van der Waals surface area contributed by atoms with Crippen LogP contribution < -0.4 is 15.8 Å². The van der Waals surface area contributed by atoms with Crippen LogP contribution >= 0.6 is 0 Å². The van der Waals surface area contributed by atoms with Crippen LogP contribution in [-0.2, 0) is 11.3 Å². The summed E-state index contributed by atoms with van der Waals surface area (Å²) in [7, 11) is 0. The van der Waals surface area contributed by atoms with Crippen molar-refractivity contribution in [3.05, 3.63) is 59.8 Å². The number of aromatic nitrogens is 1. The van der Waals surface area contributed by atoms with Gasteiger partial charge in [-0.2, -0.15) is 0 Å². The minimum absolute atomic E-state index is 0.0922. The molecule has 0 fully saturated rings. The molecule has 0 spiro atoms. The SMILES string of the molecule is NCc1ccc2c(c1)NC(=O)CO2.O=C(O)c1c[nH]c2ccccc12. The van der Waals surface area contributed by atoms with Gasteiger partial charge in [-0.25, -0.2) is 4.79 Å². The van der Waals surface area contributed by atoms with Crippen molar-refractivity contribution in [1.82, 2.24) is 4.98 Å². The van der Waals surface area contributed by atoms with Crippen molar-refractivity contribution in [3.63, 3.8) is 0 Å². The van der Waals surface area contributed by atoms with Crippen LogP contribution in [0, 0.1) is 0 Å². The fraction of sp³-hybridized carbons (Fsp3) is 0.111. The second-order valence-corrected chi connectivity index (χ2v) is 5.42. The quantitative estimate of drug-likeness (QED) is 0.572. The molecule has 128 valence electrons. The highest BCUT2D eigenvalue weighted by Crippen LogP contribution is 2.28. The lowest BCUT2D eigenvalue weighted by molar-refractivity contribution is -0.118. The molecule has 25 heavy (non-hydrogen) atoms. The number of nitrogens with one attached hydrogen (secondary N) is 2. The number of amides is 1. The minimum Gasteiger partial charge on any atom is -0.482 e. The molecule has 0 saturated carbocycles. The minimum atomic E-state index is -0.896. The largest absolute Gasteiger partial charge is 0.482 e. The molecule has 7 heteroatoms. The Balaban J connectivity index is 0.000000146. The number of hydrogen-bond donors (Lipinski definition) is 4. The fourth-order valence-corrected chi connectivity index (χ4v) is 2.51. The summed E-state index contributed by atoms with van der Waals surface area (Å²) in [5, 5.41) is 12.2. The van der Waals surface area contributed by atoms with Crippen LogP contribution in [0.3, 0.4) is 0 Å². The van der Waals surface area contributed by atoms with Crippen LogP contribution in [-0.4, -0.2) is 28.6 Å². The number of carbonyl (C=O) groups excluding carboxylic acids is 1. The number of aromatic carboxylic acids is 1. The zero-order chi connectivity index (χ0) is 17.8. The molecular formula is C18H17N3O4. The number of hydrogen-bond acceptors (Lipinski definition) is 4. The molecule has 3 aromatic rings. The fourth-order valence-electron chi connectivity index (χ4n) is 2.51. The lowest BCUT2D eigenvalue weighted by Gasteiger charge is -2.18. The number of nitrogens with two attached hydrogens (primary N) is 1. The van der Waals surface area contributed by atoms with Gasteiger partial charge in [-0.3, -0.25) is 4.79 Å². The zero-order valence-corrected chi connectivity index (χ0v) is 13.3. The maximum Gasteiger partial charge on any atom is 0.337 e. The van der Waals surface area contributed by atoms with Crippen LogP contribution in [0.4, 0.5) is 5.69 Å². The molecule has 0 aliphatic carbocycles. The molecule has 2 aromatic carbocycles. The molecule has 4 rings (SSSR count). The average Bonchev–Trinajstić information content (AvgIpc) is 3.06. The second-order valence-electron chi connectivity index (χ2n) is 5.42. The number of H-pyrrole nitrogens is 1. The van der Waals surface area contributed by atoms with Crippen molar-refractivity contribution >= 4 is 28.5 Å². The summed E-state index contributed by atoms with van der Waals surface area (Å²) in [4.78, 5) is 24.5. The van der Waals surface area contributed by atoms with Crippen LogP contribution in [0.2, 0.25) is 0 Å². The van der Waals surface area contributed by atoms with Gasteiger partial charge < -0.3 is 25.9 Å². The Morgan fingerprint density at radius 2 is 2.04 bits per heavy atom. The Kier molecular flexibility index (Phi) is 4.67. The van der Waals surface area contributed by atoms with E-state index in [1.807, 2.05) is 36.4 Å². The van der Waals surface area contributed by atoms with Crippen molar-refractivity contribution in [2.75, 3.05) is 11.9 Å². The third kappa shape index (κ3) is 3.61. The molecule has 1 amide bonds. The number of anilines is 1. The number of carbonyl (C=O) groups is 2. The Hall–Kier alpha value is -3.32. The van der Waals surface area contributed by atoms with Gasteiger partial charge in [-0.15, -0.1) is 0 Å². The Morgan fingerprint density at radius 3 is 2.80 bits per heavy atom. The van der Waals surface area contributed by atoms with Crippen molar-refractivity contribution in [3.8, 4) is 5.75 Å². The smallest absolute Gasteiger partial charge is 0.337 e. The molecule has 1 aromatic heterocycles. The highest BCUT2D eigenvalue weighted by molar-refractivity contribution is 6.03. The molecule has 0 saturated heterocycles. The van der Waals surface area contributed by atoms with E-state index >= 15 is 0 Å². The summed E-state index contributed by atoms with van der Waals surface area (Å²) in [6.45, 7) is 0.554. The predicted molar refractivity (Wildman–Crippen MR) is 93.7 cm³/mol. The maximum absolute atomic E-state index is 11.0. The van der Waals surface area contributed by atoms with E-state index in [9.17, 15) is 9.59 Å². The van der Waals surface area contributed by atoms with Crippen molar-refractivity contribution in [2.24, 2.45) is 5.73 Å². The Morgan fingerprint density at radius 1 is 1.24 bits per heavy atom. The standard InChI is InChI=1S/C9H10N2O2.C9H7NO2/c10-4-6-1-2-8-7(3-6)11-9(12)5-13-8;11-9(12)7-5-10-8-4-2-1-3-6(7)8/h1-3H,4-5,10H2,(H,11,12);1-5,10H,(H,11,12). The number of ether oxygens (including phenoxy) is 1. The van der Waals surface area contributed by atoms with Gasteiger partial charge in [-0.05, 0) is 23.8 Å².